The number of pyridine rings is 1. The highest BCUT2D eigenvalue weighted by Gasteiger charge is 2.23. The number of epoxide rings is 2. The summed E-state index contributed by atoms with van der Waals surface area (Å²) in [6.07, 6.45) is 3.82. The lowest BCUT2D eigenvalue weighted by atomic mass is 10.1. The fourth-order valence-electron chi connectivity index (χ4n) is 4.41. The number of rotatable bonds is 12. The van der Waals surface area contributed by atoms with Crippen molar-refractivity contribution < 1.29 is 28.4 Å². The molecule has 2 fully saturated rings. The first-order valence-electron chi connectivity index (χ1n) is 13.9. The molecule has 1 aromatic heterocycles. The van der Waals surface area contributed by atoms with Crippen molar-refractivity contribution in [1.82, 2.24) is 4.98 Å². The minimum Gasteiger partial charge on any atom is -0.491 e. The normalized spacial score (nSPS) is 16.9. The Morgan fingerprint density at radius 1 is 0.476 bits per heavy atom. The van der Waals surface area contributed by atoms with Crippen LogP contribution in [0.2, 0.25) is 0 Å². The van der Waals surface area contributed by atoms with E-state index in [9.17, 15) is 0 Å². The maximum atomic E-state index is 6.06. The van der Waals surface area contributed by atoms with Crippen LogP contribution < -0.4 is 18.9 Å². The molecule has 0 N–H and O–H groups in total. The van der Waals surface area contributed by atoms with Gasteiger partial charge < -0.3 is 28.4 Å². The average Bonchev–Trinajstić information content (AvgIpc) is 3.97. The highest BCUT2D eigenvalue weighted by atomic mass is 16.6. The van der Waals surface area contributed by atoms with Crippen LogP contribution in [0.4, 0.5) is 0 Å². The van der Waals surface area contributed by atoms with Gasteiger partial charge in [-0.15, -0.1) is 0 Å². The first kappa shape index (κ1) is 26.1. The van der Waals surface area contributed by atoms with Crippen LogP contribution >= 0.6 is 0 Å². The van der Waals surface area contributed by atoms with Crippen LogP contribution in [0.3, 0.4) is 0 Å². The molecule has 0 aliphatic carbocycles. The van der Waals surface area contributed by atoms with E-state index in [0.717, 1.165) is 47.0 Å². The SMILES string of the molecule is c1cc(-c2ccc(Oc3cncc(Oc4ccc(-c5ccc(OCC6CO6)cc5)cc4)c3)cc2)ccc1OCC1CO1. The number of ether oxygens (including phenoxy) is 6. The fraction of sp³-hybridized carbons (Fsp3) is 0.171. The molecular formula is C35H29NO6. The molecule has 210 valence electrons. The summed E-state index contributed by atoms with van der Waals surface area (Å²) >= 11 is 0. The largest absolute Gasteiger partial charge is 0.491 e. The molecule has 0 radical (unpaired) electrons. The maximum Gasteiger partial charge on any atom is 0.149 e. The van der Waals surface area contributed by atoms with E-state index in [-0.39, 0.29) is 12.2 Å². The van der Waals surface area contributed by atoms with Crippen molar-refractivity contribution in [3.63, 3.8) is 0 Å². The van der Waals surface area contributed by atoms with Crippen LogP contribution in [-0.2, 0) is 9.47 Å². The fourth-order valence-corrected chi connectivity index (χ4v) is 4.41. The lowest BCUT2D eigenvalue weighted by molar-refractivity contribution is 0.263. The molecule has 0 bridgehead atoms. The number of hydrogen-bond donors (Lipinski definition) is 0. The van der Waals surface area contributed by atoms with Crippen LogP contribution in [-0.4, -0.2) is 43.6 Å². The topological polar surface area (TPSA) is 74.9 Å². The van der Waals surface area contributed by atoms with Crippen LogP contribution in [0, 0.1) is 0 Å². The smallest absolute Gasteiger partial charge is 0.149 e. The van der Waals surface area contributed by atoms with Crippen molar-refractivity contribution in [2.45, 2.75) is 12.2 Å². The van der Waals surface area contributed by atoms with Gasteiger partial charge in [0.2, 0.25) is 0 Å². The predicted molar refractivity (Wildman–Crippen MR) is 159 cm³/mol. The van der Waals surface area contributed by atoms with E-state index in [0.29, 0.717) is 36.2 Å². The maximum absolute atomic E-state index is 6.06. The van der Waals surface area contributed by atoms with E-state index in [4.69, 9.17) is 28.4 Å². The summed E-state index contributed by atoms with van der Waals surface area (Å²) in [5.41, 5.74) is 4.38. The monoisotopic (exact) mass is 559 g/mol. The third-order valence-corrected chi connectivity index (χ3v) is 6.92. The molecule has 5 aromatic rings. The van der Waals surface area contributed by atoms with E-state index in [2.05, 4.69) is 4.98 Å². The predicted octanol–water partition coefficient (Wildman–Crippen LogP) is 7.56. The van der Waals surface area contributed by atoms with Crippen molar-refractivity contribution >= 4 is 0 Å². The van der Waals surface area contributed by atoms with Crippen molar-refractivity contribution in [2.24, 2.45) is 0 Å². The van der Waals surface area contributed by atoms with Gasteiger partial charge in [0.25, 0.3) is 0 Å². The lowest BCUT2D eigenvalue weighted by Gasteiger charge is -2.10. The molecule has 7 heteroatoms. The van der Waals surface area contributed by atoms with E-state index in [1.165, 1.54) is 0 Å². The van der Waals surface area contributed by atoms with Crippen molar-refractivity contribution in [3.05, 3.63) is 116 Å². The second-order valence-electron chi connectivity index (χ2n) is 10.2. The Morgan fingerprint density at radius 2 is 0.810 bits per heavy atom. The summed E-state index contributed by atoms with van der Waals surface area (Å²) in [5.74, 6) is 4.29. The molecular weight excluding hydrogens is 530 g/mol. The molecule has 0 saturated carbocycles. The first-order valence-corrected chi connectivity index (χ1v) is 13.9. The molecule has 3 heterocycles. The second-order valence-corrected chi connectivity index (χ2v) is 10.2. The number of benzene rings is 4. The van der Waals surface area contributed by atoms with E-state index < -0.39 is 0 Å². The van der Waals surface area contributed by atoms with Gasteiger partial charge in [-0.3, -0.25) is 4.98 Å². The lowest BCUT2D eigenvalue weighted by Crippen LogP contribution is -2.03. The second kappa shape index (κ2) is 11.9. The van der Waals surface area contributed by atoms with Gasteiger partial charge in [-0.1, -0.05) is 48.5 Å². The molecule has 7 rings (SSSR count). The van der Waals surface area contributed by atoms with Crippen molar-refractivity contribution in [2.75, 3.05) is 26.4 Å². The Morgan fingerprint density at radius 3 is 1.14 bits per heavy atom. The Labute approximate surface area is 244 Å². The summed E-state index contributed by atoms with van der Waals surface area (Å²) in [5, 5.41) is 0. The highest BCUT2D eigenvalue weighted by Crippen LogP contribution is 2.31. The average molecular weight is 560 g/mol. The van der Waals surface area contributed by atoms with E-state index in [1.54, 1.807) is 12.4 Å². The quantitative estimate of drug-likeness (QED) is 0.146. The van der Waals surface area contributed by atoms with Gasteiger partial charge in [0.05, 0.1) is 25.6 Å². The third-order valence-electron chi connectivity index (χ3n) is 6.92. The van der Waals surface area contributed by atoms with E-state index >= 15 is 0 Å². The van der Waals surface area contributed by atoms with Gasteiger partial charge in [0, 0.05) is 6.07 Å². The zero-order valence-electron chi connectivity index (χ0n) is 22.8. The van der Waals surface area contributed by atoms with Gasteiger partial charge in [0.15, 0.2) is 0 Å². The van der Waals surface area contributed by atoms with Gasteiger partial charge in [0.1, 0.15) is 59.9 Å². The van der Waals surface area contributed by atoms with Crippen molar-refractivity contribution in [3.8, 4) is 56.8 Å². The van der Waals surface area contributed by atoms with E-state index in [1.807, 2.05) is 103 Å². The number of hydrogen-bond acceptors (Lipinski definition) is 7. The molecule has 2 aliphatic heterocycles. The van der Waals surface area contributed by atoms with Crippen LogP contribution in [0.25, 0.3) is 22.3 Å². The molecule has 2 saturated heterocycles. The first-order chi connectivity index (χ1) is 20.7. The minimum atomic E-state index is 0.245. The summed E-state index contributed by atoms with van der Waals surface area (Å²) in [6.45, 7) is 2.78. The zero-order valence-corrected chi connectivity index (χ0v) is 22.8. The highest BCUT2D eigenvalue weighted by molar-refractivity contribution is 5.66. The Balaban J connectivity index is 0.941. The summed E-state index contributed by atoms with van der Waals surface area (Å²) in [4.78, 5) is 4.29. The van der Waals surface area contributed by atoms with Gasteiger partial charge in [-0.05, 0) is 70.8 Å². The molecule has 42 heavy (non-hydrogen) atoms. The number of nitrogens with zero attached hydrogens (tertiary/aromatic N) is 1. The van der Waals surface area contributed by atoms with Gasteiger partial charge in [-0.25, -0.2) is 0 Å². The molecule has 0 spiro atoms. The summed E-state index contributed by atoms with van der Waals surface area (Å²) < 4.78 is 33.9. The van der Waals surface area contributed by atoms with Gasteiger partial charge >= 0.3 is 0 Å². The summed E-state index contributed by atoms with van der Waals surface area (Å²) in [6, 6.07) is 33.8. The molecule has 7 nitrogen and oxygen atoms in total. The third kappa shape index (κ3) is 6.89. The molecule has 2 atom stereocenters. The Hall–Kier alpha value is -4.85. The van der Waals surface area contributed by atoms with Crippen LogP contribution in [0.15, 0.2) is 116 Å². The molecule has 4 aromatic carbocycles. The number of aromatic nitrogens is 1. The minimum absolute atomic E-state index is 0.245. The Bertz CT molecular complexity index is 1490. The van der Waals surface area contributed by atoms with Crippen LogP contribution in [0.1, 0.15) is 0 Å². The zero-order chi connectivity index (χ0) is 28.1. The molecule has 0 amide bonds. The molecule has 2 aliphatic rings. The van der Waals surface area contributed by atoms with Crippen molar-refractivity contribution in [1.29, 1.82) is 0 Å². The molecule has 2 unspecified atom stereocenters. The standard InChI is InChI=1S/C35H29NO6/c1-9-28(37-20-34-22-39-34)10-2-24(1)26-5-13-30(14-6-26)41-32-17-33(19-36-18-32)42-31-15-7-27(8-16-31)25-3-11-29(12-4-25)38-21-35-23-40-35/h1-19,34-35H,20-23H2. The van der Waals surface area contributed by atoms with Gasteiger partial charge in [-0.2, -0.15) is 0 Å². The summed E-state index contributed by atoms with van der Waals surface area (Å²) in [7, 11) is 0. The Kier molecular flexibility index (Phi) is 7.42. The van der Waals surface area contributed by atoms with Crippen LogP contribution in [0.5, 0.6) is 34.5 Å².